The van der Waals surface area contributed by atoms with Crippen LogP contribution in [0.25, 0.3) is 0 Å². The normalized spacial score (nSPS) is 16.0. The van der Waals surface area contributed by atoms with Crippen molar-refractivity contribution in [1.82, 2.24) is 5.43 Å². The van der Waals surface area contributed by atoms with Gasteiger partial charge in [-0.1, -0.05) is 0 Å². The lowest BCUT2D eigenvalue weighted by molar-refractivity contribution is 0.0994. The van der Waals surface area contributed by atoms with Crippen LogP contribution in [0.4, 0.5) is 10.5 Å². The molecule has 30 heavy (non-hydrogen) atoms. The second-order valence-electron chi connectivity index (χ2n) is 6.91. The molecule has 9 nitrogen and oxygen atoms in total. The number of furan rings is 1. The maximum Gasteiger partial charge on any atom is 0.427 e. The van der Waals surface area contributed by atoms with Crippen LogP contribution in [-0.4, -0.2) is 37.5 Å². The lowest BCUT2D eigenvalue weighted by Gasteiger charge is -2.18. The van der Waals surface area contributed by atoms with Gasteiger partial charge in [-0.2, -0.15) is 5.10 Å². The molecule has 0 saturated carbocycles. The Morgan fingerprint density at radius 1 is 1.17 bits per heavy atom. The Hall–Kier alpha value is -3.49. The Balaban J connectivity index is 1.55. The van der Waals surface area contributed by atoms with E-state index in [1.807, 2.05) is 6.92 Å². The van der Waals surface area contributed by atoms with Crippen LogP contribution in [0.3, 0.4) is 0 Å². The van der Waals surface area contributed by atoms with Gasteiger partial charge in [-0.15, -0.1) is 0 Å². The molecule has 158 valence electrons. The first-order chi connectivity index (χ1) is 14.6. The van der Waals surface area contributed by atoms with Crippen LogP contribution in [0, 0.1) is 6.92 Å². The standard InChI is InChI=1S/C21H23N3O6/c1-3-27-21(26)24-23-14-5-4-6-16-18(14)12(2)19(30-16)20(25)22-13-7-8-15-17(11-13)29-10-9-28-15/h7-8,11H,3-6,9-10H2,1-2H3,(H,22,25)(H,24,26)/b23-14+. The van der Waals surface area contributed by atoms with Crippen LogP contribution in [0.2, 0.25) is 0 Å². The van der Waals surface area contributed by atoms with E-state index in [0.717, 1.165) is 12.0 Å². The van der Waals surface area contributed by atoms with Gasteiger partial charge in [0.05, 0.1) is 12.3 Å². The van der Waals surface area contributed by atoms with Gasteiger partial charge in [0, 0.05) is 29.3 Å². The summed E-state index contributed by atoms with van der Waals surface area (Å²) >= 11 is 0. The first kappa shape index (κ1) is 19.8. The Bertz CT molecular complexity index is 1010. The summed E-state index contributed by atoms with van der Waals surface area (Å²) in [5, 5.41) is 7.02. The van der Waals surface area contributed by atoms with E-state index < -0.39 is 6.09 Å². The minimum atomic E-state index is -0.616. The van der Waals surface area contributed by atoms with E-state index in [1.165, 1.54) is 0 Å². The molecule has 0 spiro atoms. The first-order valence-corrected chi connectivity index (χ1v) is 9.89. The van der Waals surface area contributed by atoms with Crippen molar-refractivity contribution >= 4 is 23.4 Å². The molecule has 2 N–H and O–H groups in total. The Kier molecular flexibility index (Phi) is 5.60. The largest absolute Gasteiger partial charge is 0.486 e. The Labute approximate surface area is 173 Å². The van der Waals surface area contributed by atoms with Crippen molar-refractivity contribution in [2.45, 2.75) is 33.1 Å². The number of ether oxygens (including phenoxy) is 3. The SMILES string of the molecule is CCOC(=O)N/N=C1\CCCc2oc(C(=O)Nc3ccc4c(c3)OCCO4)c(C)c21. The van der Waals surface area contributed by atoms with Gasteiger partial charge in [-0.3, -0.25) is 4.79 Å². The monoisotopic (exact) mass is 413 g/mol. The number of rotatable bonds is 4. The van der Waals surface area contributed by atoms with Crippen molar-refractivity contribution < 1.29 is 28.2 Å². The third-order valence-electron chi connectivity index (χ3n) is 4.89. The second-order valence-corrected chi connectivity index (χ2v) is 6.91. The molecule has 2 aromatic rings. The number of carbonyl (C=O) groups is 2. The fourth-order valence-corrected chi connectivity index (χ4v) is 3.58. The zero-order valence-electron chi connectivity index (χ0n) is 16.9. The molecule has 2 aliphatic rings. The Morgan fingerprint density at radius 3 is 2.77 bits per heavy atom. The first-order valence-electron chi connectivity index (χ1n) is 9.89. The molecule has 0 saturated heterocycles. The minimum Gasteiger partial charge on any atom is -0.486 e. The number of hydrazone groups is 1. The number of anilines is 1. The van der Waals surface area contributed by atoms with Crippen molar-refractivity contribution in [3.63, 3.8) is 0 Å². The molecule has 2 heterocycles. The lowest BCUT2D eigenvalue weighted by atomic mass is 9.93. The third-order valence-corrected chi connectivity index (χ3v) is 4.89. The molecule has 0 unspecified atom stereocenters. The number of hydrogen-bond acceptors (Lipinski definition) is 7. The summed E-state index contributed by atoms with van der Waals surface area (Å²) in [4.78, 5) is 24.4. The molecule has 0 atom stereocenters. The van der Waals surface area contributed by atoms with Gasteiger partial charge in [0.2, 0.25) is 0 Å². The lowest BCUT2D eigenvalue weighted by Crippen LogP contribution is -2.22. The van der Waals surface area contributed by atoms with Crippen molar-refractivity contribution in [3.8, 4) is 11.5 Å². The molecular formula is C21H23N3O6. The number of fused-ring (bicyclic) bond motifs is 2. The molecular weight excluding hydrogens is 390 g/mol. The molecule has 1 aliphatic carbocycles. The van der Waals surface area contributed by atoms with Gasteiger partial charge < -0.3 is 23.9 Å². The fourth-order valence-electron chi connectivity index (χ4n) is 3.58. The van der Waals surface area contributed by atoms with E-state index >= 15 is 0 Å². The molecule has 0 fully saturated rings. The van der Waals surface area contributed by atoms with E-state index in [-0.39, 0.29) is 18.3 Å². The van der Waals surface area contributed by atoms with Gasteiger partial charge >= 0.3 is 6.09 Å². The highest BCUT2D eigenvalue weighted by Crippen LogP contribution is 2.34. The number of carbonyl (C=O) groups excluding carboxylic acids is 2. The maximum atomic E-state index is 12.9. The van der Waals surface area contributed by atoms with E-state index in [2.05, 4.69) is 15.8 Å². The average molecular weight is 413 g/mol. The minimum absolute atomic E-state index is 0.223. The predicted octanol–water partition coefficient (Wildman–Crippen LogP) is 3.40. The van der Waals surface area contributed by atoms with E-state index in [4.69, 9.17) is 18.6 Å². The highest BCUT2D eigenvalue weighted by Gasteiger charge is 2.28. The number of nitrogens with zero attached hydrogens (tertiary/aromatic N) is 1. The highest BCUT2D eigenvalue weighted by atomic mass is 16.6. The quantitative estimate of drug-likeness (QED) is 0.743. The molecule has 9 heteroatoms. The summed E-state index contributed by atoms with van der Waals surface area (Å²) in [5.74, 6) is 1.79. The van der Waals surface area contributed by atoms with Crippen LogP contribution >= 0.6 is 0 Å². The summed E-state index contributed by atoms with van der Waals surface area (Å²) in [6, 6.07) is 5.23. The number of hydrogen-bond donors (Lipinski definition) is 2. The van der Waals surface area contributed by atoms with Crippen LogP contribution in [0.1, 0.15) is 47.2 Å². The van der Waals surface area contributed by atoms with Gasteiger partial charge in [-0.05, 0) is 38.8 Å². The topological polar surface area (TPSA) is 111 Å². The van der Waals surface area contributed by atoms with Crippen LogP contribution in [-0.2, 0) is 11.2 Å². The highest BCUT2D eigenvalue weighted by molar-refractivity contribution is 6.09. The third kappa shape index (κ3) is 3.96. The average Bonchev–Trinajstić information content (AvgIpc) is 3.10. The fraction of sp³-hybridized carbons (Fsp3) is 0.381. The van der Waals surface area contributed by atoms with Crippen LogP contribution in [0.5, 0.6) is 11.5 Å². The van der Waals surface area contributed by atoms with Crippen molar-refractivity contribution in [2.75, 3.05) is 25.1 Å². The smallest absolute Gasteiger partial charge is 0.427 e. The van der Waals surface area contributed by atoms with E-state index in [1.54, 1.807) is 25.1 Å². The summed E-state index contributed by atoms with van der Waals surface area (Å²) in [6.07, 6.45) is 1.57. The molecule has 1 aliphatic heterocycles. The molecule has 1 aromatic heterocycles. The van der Waals surface area contributed by atoms with Crippen LogP contribution < -0.4 is 20.2 Å². The van der Waals surface area contributed by atoms with E-state index in [0.29, 0.717) is 60.3 Å². The number of benzene rings is 1. The van der Waals surface area contributed by atoms with Gasteiger partial charge in [0.15, 0.2) is 17.3 Å². The summed E-state index contributed by atoms with van der Waals surface area (Å²) in [5.41, 5.74) is 5.09. The number of amides is 2. The second kappa shape index (κ2) is 8.48. The molecule has 0 radical (unpaired) electrons. The zero-order chi connectivity index (χ0) is 21.1. The van der Waals surface area contributed by atoms with Crippen molar-refractivity contribution in [1.29, 1.82) is 0 Å². The molecule has 2 amide bonds. The van der Waals surface area contributed by atoms with Crippen molar-refractivity contribution in [2.24, 2.45) is 5.10 Å². The van der Waals surface area contributed by atoms with Gasteiger partial charge in [-0.25, -0.2) is 10.2 Å². The molecule has 0 bridgehead atoms. The summed E-state index contributed by atoms with van der Waals surface area (Å²) in [7, 11) is 0. The Morgan fingerprint density at radius 2 is 1.97 bits per heavy atom. The maximum absolute atomic E-state index is 12.9. The molecule has 1 aromatic carbocycles. The number of aryl methyl sites for hydroxylation is 1. The van der Waals surface area contributed by atoms with Gasteiger partial charge in [0.1, 0.15) is 19.0 Å². The van der Waals surface area contributed by atoms with Crippen molar-refractivity contribution in [3.05, 3.63) is 40.8 Å². The van der Waals surface area contributed by atoms with Crippen LogP contribution in [0.15, 0.2) is 27.7 Å². The summed E-state index contributed by atoms with van der Waals surface area (Å²) < 4.78 is 21.8. The molecule has 4 rings (SSSR count). The summed E-state index contributed by atoms with van der Waals surface area (Å²) in [6.45, 7) is 4.77. The zero-order valence-corrected chi connectivity index (χ0v) is 16.9. The van der Waals surface area contributed by atoms with E-state index in [9.17, 15) is 9.59 Å². The predicted molar refractivity (Wildman–Crippen MR) is 108 cm³/mol. The number of nitrogens with one attached hydrogen (secondary N) is 2. The van der Waals surface area contributed by atoms with Gasteiger partial charge in [0.25, 0.3) is 5.91 Å².